The normalized spacial score (nSPS) is 17.9. The molecule has 0 bridgehead atoms. The van der Waals surface area contributed by atoms with Crippen molar-refractivity contribution >= 4 is 23.3 Å². The molecular formula is C28H44N6O3. The van der Waals surface area contributed by atoms with E-state index in [4.69, 9.17) is 10.5 Å². The van der Waals surface area contributed by atoms with Gasteiger partial charge in [0.1, 0.15) is 17.2 Å². The first-order chi connectivity index (χ1) is 16.9. The fourth-order valence-corrected chi connectivity index (χ4v) is 4.06. The van der Waals surface area contributed by atoms with E-state index in [-0.39, 0.29) is 7.43 Å². The number of nitrogens with two attached hydrogens (primary N) is 1. The number of hydrogen-bond donors (Lipinski definition) is 3. The van der Waals surface area contributed by atoms with Crippen molar-refractivity contribution in [1.29, 1.82) is 0 Å². The molecule has 0 radical (unpaired) electrons. The zero-order valence-electron chi connectivity index (χ0n) is 22.1. The number of likely N-dealkylation sites (N-methyl/N-ethyl adjacent to an activating group) is 1. The lowest BCUT2D eigenvalue weighted by atomic mass is 9.85. The second kappa shape index (κ2) is 13.0. The summed E-state index contributed by atoms with van der Waals surface area (Å²) in [6.07, 6.45) is 7.67. The first kappa shape index (κ1) is 30.2. The van der Waals surface area contributed by atoms with E-state index in [1.807, 2.05) is 31.4 Å². The molecule has 4 N–H and O–H groups in total. The van der Waals surface area contributed by atoms with Gasteiger partial charge >= 0.3 is 6.09 Å². The van der Waals surface area contributed by atoms with Gasteiger partial charge in [-0.2, -0.15) is 0 Å². The molecular weight excluding hydrogens is 468 g/mol. The average molecular weight is 513 g/mol. The third-order valence-corrected chi connectivity index (χ3v) is 6.31. The van der Waals surface area contributed by atoms with Crippen LogP contribution in [0.1, 0.15) is 58.6 Å². The van der Waals surface area contributed by atoms with Gasteiger partial charge in [-0.25, -0.2) is 14.8 Å². The minimum atomic E-state index is -0.829. The highest BCUT2D eigenvalue weighted by atomic mass is 16.6. The van der Waals surface area contributed by atoms with Crippen LogP contribution in [0.4, 0.5) is 16.4 Å². The lowest BCUT2D eigenvalue weighted by molar-refractivity contribution is -0.0205. The summed E-state index contributed by atoms with van der Waals surface area (Å²) in [5.74, 6) is 0.997. The van der Waals surface area contributed by atoms with Crippen LogP contribution >= 0.6 is 0 Å². The van der Waals surface area contributed by atoms with Gasteiger partial charge in [0.25, 0.3) is 0 Å². The van der Waals surface area contributed by atoms with Crippen molar-refractivity contribution in [2.45, 2.75) is 58.7 Å². The summed E-state index contributed by atoms with van der Waals surface area (Å²) in [6, 6.07) is 7.40. The highest BCUT2D eigenvalue weighted by Crippen LogP contribution is 2.32. The minimum Gasteiger partial charge on any atom is -0.444 e. The largest absolute Gasteiger partial charge is 0.444 e. The molecule has 0 spiro atoms. The molecule has 37 heavy (non-hydrogen) atoms. The van der Waals surface area contributed by atoms with Crippen LogP contribution in [-0.2, 0) is 10.3 Å². The maximum atomic E-state index is 11.7. The smallest absolute Gasteiger partial charge is 0.413 e. The number of ether oxygens (including phenoxy) is 1. The Morgan fingerprint density at radius 2 is 1.76 bits per heavy atom. The van der Waals surface area contributed by atoms with E-state index in [0.29, 0.717) is 24.5 Å². The van der Waals surface area contributed by atoms with Gasteiger partial charge in [-0.1, -0.05) is 19.6 Å². The summed E-state index contributed by atoms with van der Waals surface area (Å²) < 4.78 is 5.17. The van der Waals surface area contributed by atoms with E-state index >= 15 is 0 Å². The number of carbonyl (C=O) groups excluding carboxylic acids is 1. The molecule has 2 aromatic rings. The third kappa shape index (κ3) is 9.42. The molecule has 0 aromatic carbocycles. The summed E-state index contributed by atoms with van der Waals surface area (Å²) in [5.41, 5.74) is 7.54. The van der Waals surface area contributed by atoms with E-state index < -0.39 is 17.3 Å². The molecule has 1 amide bonds. The molecule has 2 aliphatic rings. The molecule has 204 valence electrons. The summed E-state index contributed by atoms with van der Waals surface area (Å²) in [7, 11) is 4.18. The topological polar surface area (TPSA) is 117 Å². The van der Waals surface area contributed by atoms with Crippen LogP contribution in [0.3, 0.4) is 0 Å². The summed E-state index contributed by atoms with van der Waals surface area (Å²) in [6.45, 7) is 9.27. The molecule has 9 nitrogen and oxygen atoms in total. The number of rotatable bonds is 3. The molecule has 1 saturated heterocycles. The zero-order valence-corrected chi connectivity index (χ0v) is 22.1. The van der Waals surface area contributed by atoms with E-state index in [1.54, 1.807) is 33.0 Å². The van der Waals surface area contributed by atoms with Crippen LogP contribution in [-0.4, -0.2) is 76.8 Å². The molecule has 0 saturated carbocycles. The van der Waals surface area contributed by atoms with Crippen molar-refractivity contribution in [2.75, 3.05) is 51.3 Å². The van der Waals surface area contributed by atoms with Crippen LogP contribution in [0.15, 0.2) is 42.7 Å². The Kier molecular flexibility index (Phi) is 10.6. The molecule has 2 aliphatic heterocycles. The van der Waals surface area contributed by atoms with Crippen LogP contribution in [0.5, 0.6) is 0 Å². The van der Waals surface area contributed by atoms with Crippen molar-refractivity contribution in [2.24, 2.45) is 0 Å². The van der Waals surface area contributed by atoms with Crippen molar-refractivity contribution in [1.82, 2.24) is 19.8 Å². The van der Waals surface area contributed by atoms with Crippen LogP contribution in [0, 0.1) is 0 Å². The van der Waals surface area contributed by atoms with Gasteiger partial charge in [-0.15, -0.1) is 0 Å². The van der Waals surface area contributed by atoms with Crippen LogP contribution in [0.2, 0.25) is 0 Å². The first-order valence-corrected chi connectivity index (χ1v) is 12.4. The lowest BCUT2D eigenvalue weighted by Crippen LogP contribution is -2.40. The Morgan fingerprint density at radius 3 is 2.27 bits per heavy atom. The average Bonchev–Trinajstić information content (AvgIpc) is 2.82. The Balaban J connectivity index is 0.000000277. The monoisotopic (exact) mass is 512 g/mol. The van der Waals surface area contributed by atoms with Gasteiger partial charge in [-0.05, 0) is 83.5 Å². The van der Waals surface area contributed by atoms with Crippen LogP contribution < -0.4 is 11.1 Å². The predicted molar refractivity (Wildman–Crippen MR) is 150 cm³/mol. The number of nitrogens with one attached hydrogen (secondary N) is 1. The number of carbonyl (C=O) groups is 1. The standard InChI is InChI=1S/C16H25N3O3.C11H15N3.CH4/c1-15(2,3)22-14(20)18-13-6-5-12(11-17-13)16(21)7-9-19(4)10-8-16;1-14-6-4-9(5-7-14)10-2-3-11(12)13-8-10;/h5-6,11,21H,7-10H2,1-4H3,(H,17,18,20);2-4,8H,5-7H2,1H3,(H2,12,13);1H4. The first-order valence-electron chi connectivity index (χ1n) is 12.4. The number of likely N-dealkylation sites (tertiary alicyclic amines) is 1. The fraction of sp³-hybridized carbons (Fsp3) is 0.536. The number of piperidine rings is 1. The number of nitrogen functional groups attached to an aromatic ring is 1. The van der Waals surface area contributed by atoms with Crippen molar-refractivity contribution in [3.63, 3.8) is 0 Å². The molecule has 0 atom stereocenters. The van der Waals surface area contributed by atoms with Gasteiger partial charge in [-0.3, -0.25) is 5.32 Å². The van der Waals surface area contributed by atoms with Gasteiger partial charge < -0.3 is 25.4 Å². The molecule has 0 unspecified atom stereocenters. The predicted octanol–water partition coefficient (Wildman–Crippen LogP) is 4.36. The number of nitrogens with zero attached hydrogens (tertiary/aromatic N) is 4. The van der Waals surface area contributed by atoms with Gasteiger partial charge in [0.05, 0.1) is 5.60 Å². The summed E-state index contributed by atoms with van der Waals surface area (Å²) >= 11 is 0. The van der Waals surface area contributed by atoms with Gasteiger partial charge in [0.2, 0.25) is 0 Å². The lowest BCUT2D eigenvalue weighted by Gasteiger charge is -2.36. The highest BCUT2D eigenvalue weighted by molar-refractivity contribution is 5.83. The number of anilines is 2. The summed E-state index contributed by atoms with van der Waals surface area (Å²) in [4.78, 5) is 24.5. The Bertz CT molecular complexity index is 1020. The maximum Gasteiger partial charge on any atom is 0.413 e. The Hall–Kier alpha value is -3.01. The quantitative estimate of drug-likeness (QED) is 0.555. The Labute approximate surface area is 221 Å². The van der Waals surface area contributed by atoms with Crippen molar-refractivity contribution < 1.29 is 14.6 Å². The van der Waals surface area contributed by atoms with E-state index in [0.717, 1.165) is 38.2 Å². The SMILES string of the molecule is C.CN1CC=C(c2ccc(N)nc2)CC1.CN1CCC(O)(c2ccc(NC(=O)OC(C)(C)C)nc2)CC1. The molecule has 4 heterocycles. The second-order valence-corrected chi connectivity index (χ2v) is 10.6. The van der Waals surface area contributed by atoms with Gasteiger partial charge in [0.15, 0.2) is 0 Å². The van der Waals surface area contributed by atoms with E-state index in [2.05, 4.69) is 38.2 Å². The van der Waals surface area contributed by atoms with Gasteiger partial charge in [0, 0.05) is 44.1 Å². The number of amides is 1. The highest BCUT2D eigenvalue weighted by Gasteiger charge is 2.33. The summed E-state index contributed by atoms with van der Waals surface area (Å²) in [5, 5.41) is 13.3. The molecule has 4 rings (SSSR count). The van der Waals surface area contributed by atoms with Crippen molar-refractivity contribution in [3.05, 3.63) is 53.9 Å². The second-order valence-electron chi connectivity index (χ2n) is 10.6. The molecule has 1 fully saturated rings. The third-order valence-electron chi connectivity index (χ3n) is 6.31. The molecule has 2 aromatic heterocycles. The molecule has 0 aliphatic carbocycles. The minimum absolute atomic E-state index is 0. The number of hydrogen-bond acceptors (Lipinski definition) is 8. The van der Waals surface area contributed by atoms with Crippen molar-refractivity contribution in [3.8, 4) is 0 Å². The Morgan fingerprint density at radius 1 is 1.05 bits per heavy atom. The fourth-order valence-electron chi connectivity index (χ4n) is 4.06. The van der Waals surface area contributed by atoms with Crippen LogP contribution in [0.25, 0.3) is 5.57 Å². The number of pyridine rings is 2. The van der Waals surface area contributed by atoms with E-state index in [1.165, 1.54) is 11.1 Å². The zero-order chi connectivity index (χ0) is 26.3. The molecule has 9 heteroatoms. The maximum absolute atomic E-state index is 11.7. The van der Waals surface area contributed by atoms with E-state index in [9.17, 15) is 9.90 Å². The number of aliphatic hydroxyl groups is 1. The number of aromatic nitrogens is 2.